The van der Waals surface area contributed by atoms with Gasteiger partial charge in [0, 0.05) is 61.0 Å². The van der Waals surface area contributed by atoms with Crippen LogP contribution in [0.25, 0.3) is 10.9 Å². The predicted molar refractivity (Wildman–Crippen MR) is 146 cm³/mol. The van der Waals surface area contributed by atoms with Gasteiger partial charge in [-0.3, -0.25) is 19.3 Å². The lowest BCUT2D eigenvalue weighted by atomic mass is 9.88. The number of amides is 3. The first-order valence-electron chi connectivity index (χ1n) is 12.4. The number of nitrogens with zero attached hydrogens (tertiary/aromatic N) is 3. The van der Waals surface area contributed by atoms with Crippen LogP contribution in [0.4, 0.5) is 5.69 Å². The smallest absolute Gasteiger partial charge is 0.254 e. The third-order valence-corrected chi connectivity index (χ3v) is 7.58. The monoisotopic (exact) mass is 530 g/mol. The summed E-state index contributed by atoms with van der Waals surface area (Å²) in [7, 11) is 0. The molecule has 1 fully saturated rings. The maximum absolute atomic E-state index is 12.8. The number of thiol groups is 1. The number of fused-ring (bicyclic) bond motifs is 1. The van der Waals surface area contributed by atoms with Gasteiger partial charge in [-0.15, -0.1) is 0 Å². The molecule has 0 saturated carbocycles. The van der Waals surface area contributed by atoms with Crippen LogP contribution in [0.2, 0.25) is 0 Å². The van der Waals surface area contributed by atoms with Gasteiger partial charge in [-0.25, -0.2) is 0 Å². The summed E-state index contributed by atoms with van der Waals surface area (Å²) in [5.74, 6) is -0.941. The standard InChI is InChI=1S/C27H36N4O4S.H2O/c1-26(2,3)15-18-17-7-8-19(32)24(23(17)28-25(18)36-27(4,5)6)30-13-11-29(12-14-30)22(35)16-31-20(33)9-10-21(31)34;/h7-10,28,32H,11-16H2,1-6H3;1H2. The summed E-state index contributed by atoms with van der Waals surface area (Å²) in [5, 5.41) is 13.2. The van der Waals surface area contributed by atoms with Crippen molar-refractivity contribution in [2.45, 2.75) is 57.7 Å². The fraction of sp³-hybridized carbons (Fsp3) is 0.519. The number of phenolic OH excluding ortho intramolecular Hbond substituents is 1. The highest BCUT2D eigenvalue weighted by molar-refractivity contribution is 7.80. The minimum absolute atomic E-state index is 0. The number of imide groups is 1. The first-order valence-corrected chi connectivity index (χ1v) is 13.3. The third kappa shape index (κ3) is 6.30. The van der Waals surface area contributed by atoms with Crippen LogP contribution in [0.1, 0.15) is 47.1 Å². The van der Waals surface area contributed by atoms with E-state index in [9.17, 15) is 19.5 Å². The second-order valence-corrected chi connectivity index (χ2v) is 13.8. The Morgan fingerprint density at radius 1 is 1.00 bits per heavy atom. The Bertz CT molecular complexity index is 1210. The van der Waals surface area contributed by atoms with E-state index in [1.54, 1.807) is 11.0 Å². The molecule has 0 unspecified atom stereocenters. The Hall–Kier alpha value is -2.98. The van der Waals surface area contributed by atoms with Gasteiger partial charge in [0.05, 0.1) is 5.52 Å². The van der Waals surface area contributed by atoms with E-state index in [1.807, 2.05) is 6.07 Å². The summed E-state index contributed by atoms with van der Waals surface area (Å²) < 4.78 is 0.0787. The molecular weight excluding hydrogens is 492 g/mol. The zero-order valence-corrected chi connectivity index (χ0v) is 23.4. The molecule has 10 heteroatoms. The lowest BCUT2D eigenvalue weighted by Crippen LogP contribution is -2.52. The Labute approximate surface area is 222 Å². The number of aromatic amines is 1. The number of nitrogens with one attached hydrogen (secondary N) is 1. The van der Waals surface area contributed by atoms with Gasteiger partial charge in [0.2, 0.25) is 10.9 Å². The van der Waals surface area contributed by atoms with E-state index < -0.39 is 11.8 Å². The quantitative estimate of drug-likeness (QED) is 0.348. The number of hydrogen-bond donors (Lipinski definition) is 2. The third-order valence-electron chi connectivity index (χ3n) is 6.31. The van der Waals surface area contributed by atoms with Gasteiger partial charge in [-0.05, 0) is 44.7 Å². The SMILES string of the molecule is CC(C)(C)Cc1c([SH+]C(C)(C)C)[nH]c2c(N3CCN(C(=O)CN4C(=O)C=CC4=O)CC3)c(O)ccc12.[OH-]. The molecule has 2 aliphatic rings. The first kappa shape index (κ1) is 28.6. The number of rotatable bonds is 5. The molecule has 1 aromatic heterocycles. The van der Waals surface area contributed by atoms with Gasteiger partial charge >= 0.3 is 0 Å². The Kier molecular flexibility index (Phi) is 8.05. The van der Waals surface area contributed by atoms with Crippen molar-refractivity contribution >= 4 is 46.1 Å². The van der Waals surface area contributed by atoms with Gasteiger partial charge < -0.3 is 25.4 Å². The molecule has 0 radical (unpaired) electrons. The molecule has 3 N–H and O–H groups in total. The fourth-order valence-electron chi connectivity index (χ4n) is 4.74. The Morgan fingerprint density at radius 3 is 2.14 bits per heavy atom. The maximum atomic E-state index is 12.8. The molecule has 0 atom stereocenters. The van der Waals surface area contributed by atoms with Gasteiger partial charge in [0.25, 0.3) is 11.8 Å². The average molecular weight is 531 g/mol. The zero-order valence-electron chi connectivity index (χ0n) is 22.5. The maximum Gasteiger partial charge on any atom is 0.254 e. The molecule has 2 aromatic rings. The van der Waals surface area contributed by atoms with Crippen molar-refractivity contribution in [3.8, 4) is 5.75 Å². The number of aromatic nitrogens is 1. The number of carbonyl (C=O) groups is 3. The van der Waals surface area contributed by atoms with Crippen molar-refractivity contribution in [3.05, 3.63) is 29.8 Å². The highest BCUT2D eigenvalue weighted by Crippen LogP contribution is 2.41. The Morgan fingerprint density at radius 2 is 1.59 bits per heavy atom. The molecule has 202 valence electrons. The zero-order chi connectivity index (χ0) is 26.4. The number of phenols is 1. The molecule has 9 nitrogen and oxygen atoms in total. The number of aromatic hydroxyl groups is 1. The lowest BCUT2D eigenvalue weighted by Gasteiger charge is -2.37. The summed E-state index contributed by atoms with van der Waals surface area (Å²) >= 11 is 1.20. The minimum atomic E-state index is -0.452. The van der Waals surface area contributed by atoms with Crippen LogP contribution in [0.15, 0.2) is 29.3 Å². The minimum Gasteiger partial charge on any atom is -0.870 e. The molecule has 3 heterocycles. The second kappa shape index (κ2) is 10.4. The summed E-state index contributed by atoms with van der Waals surface area (Å²) in [5.41, 5.74) is 3.09. The van der Waals surface area contributed by atoms with Crippen LogP contribution in [-0.2, 0) is 32.6 Å². The number of piperazine rings is 1. The van der Waals surface area contributed by atoms with E-state index in [0.717, 1.165) is 27.9 Å². The molecule has 0 aliphatic carbocycles. The van der Waals surface area contributed by atoms with E-state index in [-0.39, 0.29) is 33.8 Å². The van der Waals surface area contributed by atoms with Crippen LogP contribution in [0, 0.1) is 5.41 Å². The van der Waals surface area contributed by atoms with Crippen LogP contribution in [-0.4, -0.2) is 80.6 Å². The molecule has 1 aromatic carbocycles. The summed E-state index contributed by atoms with van der Waals surface area (Å²) in [6.07, 6.45) is 3.30. The predicted octanol–water partition coefficient (Wildman–Crippen LogP) is 2.83. The van der Waals surface area contributed by atoms with Crippen LogP contribution < -0.4 is 4.90 Å². The van der Waals surface area contributed by atoms with E-state index >= 15 is 0 Å². The average Bonchev–Trinajstić information content (AvgIpc) is 3.25. The van der Waals surface area contributed by atoms with Gasteiger partial charge in [-0.2, -0.15) is 0 Å². The van der Waals surface area contributed by atoms with Crippen LogP contribution in [0.3, 0.4) is 0 Å². The highest BCUT2D eigenvalue weighted by atomic mass is 32.2. The Balaban J connectivity index is 0.00000380. The van der Waals surface area contributed by atoms with Gasteiger partial charge in [0.1, 0.15) is 22.7 Å². The summed E-state index contributed by atoms with van der Waals surface area (Å²) in [4.78, 5) is 44.8. The van der Waals surface area contributed by atoms with Gasteiger partial charge in [-0.1, -0.05) is 20.8 Å². The molecular formula is C27H38N4O5S. The number of H-pyrrole nitrogens is 1. The number of hydrogen-bond acceptors (Lipinski definition) is 6. The molecule has 0 spiro atoms. The van der Waals surface area contributed by atoms with E-state index in [1.165, 1.54) is 34.5 Å². The fourth-order valence-corrected chi connectivity index (χ4v) is 5.91. The molecule has 0 bridgehead atoms. The van der Waals surface area contributed by atoms with Crippen molar-refractivity contribution in [3.63, 3.8) is 0 Å². The number of carbonyl (C=O) groups excluding carboxylic acids is 3. The van der Waals surface area contributed by atoms with Crippen LogP contribution >= 0.6 is 0 Å². The first-order chi connectivity index (χ1) is 16.7. The van der Waals surface area contributed by atoms with E-state index in [0.29, 0.717) is 26.2 Å². The van der Waals surface area contributed by atoms with Gasteiger partial charge in [0.15, 0.2) is 0 Å². The summed E-state index contributed by atoms with van der Waals surface area (Å²) in [6.45, 7) is 15.1. The number of anilines is 1. The van der Waals surface area contributed by atoms with Crippen LogP contribution in [0.5, 0.6) is 5.75 Å². The van der Waals surface area contributed by atoms with Crippen molar-refractivity contribution < 1.29 is 25.0 Å². The van der Waals surface area contributed by atoms with Crippen molar-refractivity contribution in [2.75, 3.05) is 37.6 Å². The lowest BCUT2D eigenvalue weighted by molar-refractivity contribution is -0.144. The van der Waals surface area contributed by atoms with Crippen molar-refractivity contribution in [1.82, 2.24) is 14.8 Å². The topological polar surface area (TPSA) is 127 Å². The summed E-state index contributed by atoms with van der Waals surface area (Å²) in [6, 6.07) is 3.77. The normalized spacial score (nSPS) is 16.6. The molecule has 2 aliphatic heterocycles. The highest BCUT2D eigenvalue weighted by Gasteiger charge is 2.33. The molecule has 37 heavy (non-hydrogen) atoms. The second-order valence-electron chi connectivity index (χ2n) is 11.8. The molecule has 4 rings (SSSR count). The molecule has 1 saturated heterocycles. The largest absolute Gasteiger partial charge is 0.870 e. The molecule has 3 amide bonds. The van der Waals surface area contributed by atoms with Crippen molar-refractivity contribution in [1.29, 1.82) is 0 Å². The van der Waals surface area contributed by atoms with Crippen molar-refractivity contribution in [2.24, 2.45) is 5.41 Å². The number of benzene rings is 1. The van der Waals surface area contributed by atoms with E-state index in [2.05, 4.69) is 51.4 Å². The van der Waals surface area contributed by atoms with E-state index in [4.69, 9.17) is 0 Å².